The molecule has 0 saturated carbocycles. The van der Waals surface area contributed by atoms with Gasteiger partial charge in [-0.25, -0.2) is 4.68 Å². The fourth-order valence-electron chi connectivity index (χ4n) is 1.39. The fraction of sp³-hybridized carbons (Fsp3) is 0.222. The summed E-state index contributed by atoms with van der Waals surface area (Å²) in [6.07, 6.45) is 0. The van der Waals surface area contributed by atoms with E-state index < -0.39 is 10.8 Å². The summed E-state index contributed by atoms with van der Waals surface area (Å²) in [5, 5.41) is 23.6. The maximum Gasteiger partial charge on any atom is 0.363 e. The predicted octanol–water partition coefficient (Wildman–Crippen LogP) is 0.0740. The summed E-state index contributed by atoms with van der Waals surface area (Å²) in [5.74, 6) is -0.630. The van der Waals surface area contributed by atoms with E-state index in [-0.39, 0.29) is 23.0 Å². The molecule has 1 N–H and O–H groups in total. The topological polar surface area (TPSA) is 129 Å². The lowest BCUT2D eigenvalue weighted by molar-refractivity contribution is -0.389. The van der Waals surface area contributed by atoms with Gasteiger partial charge >= 0.3 is 5.82 Å². The summed E-state index contributed by atoms with van der Waals surface area (Å²) in [7, 11) is 1.57. The van der Waals surface area contributed by atoms with Gasteiger partial charge in [0.15, 0.2) is 5.69 Å². The molecule has 0 fully saturated rings. The molecule has 0 radical (unpaired) electrons. The molecule has 19 heavy (non-hydrogen) atoms. The number of tetrazole rings is 1. The Morgan fingerprint density at radius 3 is 2.74 bits per heavy atom. The molecule has 98 valence electrons. The van der Waals surface area contributed by atoms with Gasteiger partial charge in [-0.3, -0.25) is 10.1 Å². The molecular weight excluding hydrogens is 254 g/mol. The van der Waals surface area contributed by atoms with E-state index >= 15 is 0 Å². The standard InChI is InChI=1S/C9H9N7O3/c1-5-6(3-4-7(10-5)16(18)19)8(17)11-9-12-13-14-15(9)2/h3-4H,1-2H3,(H,11,12,14,17). The third-order valence-electron chi connectivity index (χ3n) is 2.35. The van der Waals surface area contributed by atoms with E-state index in [1.807, 2.05) is 0 Å². The fourth-order valence-corrected chi connectivity index (χ4v) is 1.39. The number of amides is 1. The highest BCUT2D eigenvalue weighted by Gasteiger charge is 2.18. The molecule has 0 bridgehead atoms. The Balaban J connectivity index is 2.25. The average Bonchev–Trinajstić information content (AvgIpc) is 2.74. The molecule has 10 nitrogen and oxygen atoms in total. The van der Waals surface area contributed by atoms with Crippen molar-refractivity contribution in [2.24, 2.45) is 7.05 Å². The van der Waals surface area contributed by atoms with Crippen molar-refractivity contribution in [1.29, 1.82) is 0 Å². The van der Waals surface area contributed by atoms with Gasteiger partial charge in [0.2, 0.25) is 5.95 Å². The van der Waals surface area contributed by atoms with E-state index in [0.29, 0.717) is 0 Å². The first-order valence-electron chi connectivity index (χ1n) is 5.15. The number of pyridine rings is 1. The molecule has 0 aliphatic carbocycles. The molecule has 0 aliphatic rings. The van der Waals surface area contributed by atoms with Gasteiger partial charge in [-0.15, -0.1) is 0 Å². The second-order valence-corrected chi connectivity index (χ2v) is 3.64. The van der Waals surface area contributed by atoms with Gasteiger partial charge in [0.25, 0.3) is 5.91 Å². The van der Waals surface area contributed by atoms with Crippen molar-refractivity contribution >= 4 is 17.7 Å². The third-order valence-corrected chi connectivity index (χ3v) is 2.35. The summed E-state index contributed by atoms with van der Waals surface area (Å²) in [6.45, 7) is 1.51. The maximum atomic E-state index is 11.9. The van der Waals surface area contributed by atoms with E-state index in [4.69, 9.17) is 0 Å². The van der Waals surface area contributed by atoms with Crippen molar-refractivity contribution in [2.75, 3.05) is 5.32 Å². The van der Waals surface area contributed by atoms with Crippen LogP contribution in [0.3, 0.4) is 0 Å². The van der Waals surface area contributed by atoms with E-state index in [1.54, 1.807) is 7.05 Å². The van der Waals surface area contributed by atoms with Crippen LogP contribution in [0.2, 0.25) is 0 Å². The van der Waals surface area contributed by atoms with Crippen LogP contribution < -0.4 is 5.32 Å². The lowest BCUT2D eigenvalue weighted by Gasteiger charge is -2.03. The molecule has 0 spiro atoms. The first kappa shape index (κ1) is 12.5. The Kier molecular flexibility index (Phi) is 3.14. The quantitative estimate of drug-likeness (QED) is 0.612. The number of nitro groups is 1. The number of aryl methyl sites for hydroxylation is 2. The smallest absolute Gasteiger partial charge is 0.358 e. The molecule has 2 heterocycles. The minimum atomic E-state index is -0.624. The first-order chi connectivity index (χ1) is 8.99. The second kappa shape index (κ2) is 4.76. The summed E-state index contributed by atoms with van der Waals surface area (Å²) < 4.78 is 1.28. The lowest BCUT2D eigenvalue weighted by Crippen LogP contribution is -2.17. The van der Waals surface area contributed by atoms with Gasteiger partial charge in [-0.05, 0) is 26.4 Å². The minimum absolute atomic E-state index is 0.169. The molecule has 2 aromatic rings. The van der Waals surface area contributed by atoms with Crippen LogP contribution in [-0.4, -0.2) is 36.0 Å². The van der Waals surface area contributed by atoms with Crippen LogP contribution >= 0.6 is 0 Å². The van der Waals surface area contributed by atoms with Crippen LogP contribution in [0.25, 0.3) is 0 Å². The second-order valence-electron chi connectivity index (χ2n) is 3.64. The Bertz CT molecular complexity index is 651. The van der Waals surface area contributed by atoms with Crippen molar-refractivity contribution < 1.29 is 9.72 Å². The zero-order valence-electron chi connectivity index (χ0n) is 10.1. The van der Waals surface area contributed by atoms with E-state index in [2.05, 4.69) is 25.8 Å². The van der Waals surface area contributed by atoms with Crippen LogP contribution in [0.1, 0.15) is 16.1 Å². The molecule has 0 aromatic carbocycles. The number of aromatic nitrogens is 5. The number of nitrogens with one attached hydrogen (secondary N) is 1. The summed E-state index contributed by atoms with van der Waals surface area (Å²) in [5.41, 5.74) is 0.468. The highest BCUT2D eigenvalue weighted by Crippen LogP contribution is 2.13. The van der Waals surface area contributed by atoms with Crippen LogP contribution in [0.5, 0.6) is 0 Å². The zero-order valence-corrected chi connectivity index (χ0v) is 10.1. The lowest BCUT2D eigenvalue weighted by atomic mass is 10.2. The van der Waals surface area contributed by atoms with E-state index in [1.165, 1.54) is 17.7 Å². The Morgan fingerprint density at radius 2 is 2.21 bits per heavy atom. The number of hydrogen-bond acceptors (Lipinski definition) is 7. The Labute approximate surface area is 106 Å². The number of carbonyl (C=O) groups excluding carboxylic acids is 1. The van der Waals surface area contributed by atoms with E-state index in [9.17, 15) is 14.9 Å². The molecular formula is C9H9N7O3. The highest BCUT2D eigenvalue weighted by molar-refractivity contribution is 6.04. The van der Waals surface area contributed by atoms with Crippen molar-refractivity contribution in [3.63, 3.8) is 0 Å². The number of hydrogen-bond donors (Lipinski definition) is 1. The van der Waals surface area contributed by atoms with Crippen LogP contribution in [0.4, 0.5) is 11.8 Å². The molecule has 2 rings (SSSR count). The van der Waals surface area contributed by atoms with E-state index in [0.717, 1.165) is 6.07 Å². The number of anilines is 1. The summed E-state index contributed by atoms with van der Waals surface area (Å²) >= 11 is 0. The van der Waals surface area contributed by atoms with Gasteiger partial charge in [0, 0.05) is 20.0 Å². The van der Waals surface area contributed by atoms with Gasteiger partial charge in [-0.1, -0.05) is 5.10 Å². The largest absolute Gasteiger partial charge is 0.363 e. The third kappa shape index (κ3) is 2.51. The minimum Gasteiger partial charge on any atom is -0.358 e. The molecule has 10 heteroatoms. The number of carbonyl (C=O) groups is 1. The van der Waals surface area contributed by atoms with Crippen LogP contribution in [0, 0.1) is 17.0 Å². The Morgan fingerprint density at radius 1 is 1.47 bits per heavy atom. The first-order valence-corrected chi connectivity index (χ1v) is 5.15. The van der Waals surface area contributed by atoms with Crippen molar-refractivity contribution in [3.8, 4) is 0 Å². The van der Waals surface area contributed by atoms with Gasteiger partial charge in [0.05, 0.1) is 5.56 Å². The Hall–Kier alpha value is -2.91. The zero-order chi connectivity index (χ0) is 14.0. The number of rotatable bonds is 3. The van der Waals surface area contributed by atoms with Crippen molar-refractivity contribution in [3.05, 3.63) is 33.5 Å². The molecule has 0 saturated heterocycles. The molecule has 2 aromatic heterocycles. The molecule has 0 aliphatic heterocycles. The van der Waals surface area contributed by atoms with Crippen LogP contribution in [-0.2, 0) is 7.05 Å². The van der Waals surface area contributed by atoms with Gasteiger partial charge in [-0.2, -0.15) is 0 Å². The SMILES string of the molecule is Cc1nc([N+](=O)[O-])ccc1C(=O)Nc1nnnn1C. The predicted molar refractivity (Wildman–Crippen MR) is 62.4 cm³/mol. The number of nitrogens with zero attached hydrogens (tertiary/aromatic N) is 6. The van der Waals surface area contributed by atoms with Crippen molar-refractivity contribution in [2.45, 2.75) is 6.92 Å². The maximum absolute atomic E-state index is 11.9. The van der Waals surface area contributed by atoms with Crippen molar-refractivity contribution in [1.82, 2.24) is 25.2 Å². The normalized spacial score (nSPS) is 10.2. The van der Waals surface area contributed by atoms with Gasteiger partial charge in [0.1, 0.15) is 0 Å². The average molecular weight is 263 g/mol. The van der Waals surface area contributed by atoms with Gasteiger partial charge < -0.3 is 10.1 Å². The monoisotopic (exact) mass is 263 g/mol. The molecule has 0 atom stereocenters. The summed E-state index contributed by atoms with van der Waals surface area (Å²) in [6, 6.07) is 2.50. The molecule has 0 unspecified atom stereocenters. The highest BCUT2D eigenvalue weighted by atomic mass is 16.6. The van der Waals surface area contributed by atoms with Crippen LogP contribution in [0.15, 0.2) is 12.1 Å². The molecule has 1 amide bonds. The summed E-state index contributed by atoms with van der Waals surface area (Å²) in [4.78, 5) is 25.6.